The Hall–Kier alpha value is -2.76. The van der Waals surface area contributed by atoms with Gasteiger partial charge >= 0.3 is 0 Å². The van der Waals surface area contributed by atoms with Gasteiger partial charge in [-0.05, 0) is 64.4 Å². The summed E-state index contributed by atoms with van der Waals surface area (Å²) in [5.41, 5.74) is 1.05. The average Bonchev–Trinajstić information content (AvgIpc) is 3.17. The van der Waals surface area contributed by atoms with Crippen molar-refractivity contribution in [3.05, 3.63) is 40.1 Å². The summed E-state index contributed by atoms with van der Waals surface area (Å²) in [5, 5.41) is 4.65. The largest absolute Gasteiger partial charge is 0.493 e. The molecule has 0 unspecified atom stereocenters. The summed E-state index contributed by atoms with van der Waals surface area (Å²) in [6.07, 6.45) is 2.56. The Morgan fingerprint density at radius 2 is 1.86 bits per heavy atom. The van der Waals surface area contributed by atoms with E-state index in [-0.39, 0.29) is 16.3 Å². The van der Waals surface area contributed by atoms with Crippen molar-refractivity contribution in [3.63, 3.8) is 0 Å². The summed E-state index contributed by atoms with van der Waals surface area (Å²) in [6.45, 7) is 12.3. The highest BCUT2D eigenvalue weighted by Crippen LogP contribution is 2.31. The Kier molecular flexibility index (Phi) is 9.49. The van der Waals surface area contributed by atoms with Crippen LogP contribution in [0.25, 0.3) is 16.9 Å². The molecule has 1 N–H and O–H groups in total. The number of aromatic nitrogens is 4. The van der Waals surface area contributed by atoms with Gasteiger partial charge in [0.1, 0.15) is 11.6 Å². The lowest BCUT2D eigenvalue weighted by Gasteiger charge is -2.23. The fourth-order valence-electron chi connectivity index (χ4n) is 4.08. The number of likely N-dealkylation sites (N-methyl/N-ethyl adjacent to an activating group) is 2. The molecule has 204 valence electrons. The first-order valence-electron chi connectivity index (χ1n) is 12.9. The maximum absolute atomic E-state index is 13.4. The van der Waals surface area contributed by atoms with Crippen molar-refractivity contribution >= 4 is 15.5 Å². The smallest absolute Gasteiger partial charge is 0.277 e. The lowest BCUT2D eigenvalue weighted by molar-refractivity contribution is 0.290. The highest BCUT2D eigenvalue weighted by atomic mass is 32.2. The summed E-state index contributed by atoms with van der Waals surface area (Å²) in [7, 11) is -0.198. The standard InChI is InChI=1S/C26H40N6O4S/c1-8-10-23-27-19(5)24-26(33)28-25(29-32(23)24)21-17-20(11-12-22(21)36-9-2)37(34,35)31(7)16-15-30(6)14-13-18(3)4/h11-12,17-18H,8-10,13-16H2,1-7H3,(H,28,29,33). The van der Waals surface area contributed by atoms with Gasteiger partial charge in [-0.2, -0.15) is 4.31 Å². The summed E-state index contributed by atoms with van der Waals surface area (Å²) in [6, 6.07) is 4.67. The predicted octanol–water partition coefficient (Wildman–Crippen LogP) is 3.34. The van der Waals surface area contributed by atoms with Crippen LogP contribution in [0.4, 0.5) is 0 Å². The number of rotatable bonds is 13. The third-order valence-corrected chi connectivity index (χ3v) is 8.17. The quantitative estimate of drug-likeness (QED) is 0.359. The van der Waals surface area contributed by atoms with Crippen LogP contribution in [0, 0.1) is 12.8 Å². The van der Waals surface area contributed by atoms with E-state index in [1.54, 1.807) is 24.6 Å². The lowest BCUT2D eigenvalue weighted by Crippen LogP contribution is -2.35. The van der Waals surface area contributed by atoms with E-state index in [2.05, 4.69) is 33.8 Å². The van der Waals surface area contributed by atoms with Crippen LogP contribution < -0.4 is 10.3 Å². The molecular weight excluding hydrogens is 492 g/mol. The zero-order chi connectivity index (χ0) is 27.3. The number of nitrogens with zero attached hydrogens (tertiary/aromatic N) is 5. The van der Waals surface area contributed by atoms with Crippen LogP contribution in [-0.2, 0) is 16.4 Å². The van der Waals surface area contributed by atoms with Crippen LogP contribution in [-0.4, -0.2) is 77.5 Å². The Bertz CT molecular complexity index is 1380. The summed E-state index contributed by atoms with van der Waals surface area (Å²) in [5.74, 6) is 1.94. The Labute approximate surface area is 219 Å². The summed E-state index contributed by atoms with van der Waals surface area (Å²) < 4.78 is 35.6. The second-order valence-electron chi connectivity index (χ2n) is 9.83. The highest BCUT2D eigenvalue weighted by molar-refractivity contribution is 7.89. The molecule has 0 amide bonds. The predicted molar refractivity (Wildman–Crippen MR) is 146 cm³/mol. The highest BCUT2D eigenvalue weighted by Gasteiger charge is 2.24. The summed E-state index contributed by atoms with van der Waals surface area (Å²) >= 11 is 0. The van der Waals surface area contributed by atoms with Gasteiger partial charge in [0.25, 0.3) is 5.56 Å². The number of benzene rings is 1. The van der Waals surface area contributed by atoms with Crippen LogP contribution in [0.3, 0.4) is 0 Å². The minimum atomic E-state index is -3.78. The van der Waals surface area contributed by atoms with E-state index in [0.29, 0.717) is 60.4 Å². The van der Waals surface area contributed by atoms with Crippen molar-refractivity contribution in [1.82, 2.24) is 28.8 Å². The van der Waals surface area contributed by atoms with Crippen molar-refractivity contribution in [3.8, 4) is 17.1 Å². The second-order valence-corrected chi connectivity index (χ2v) is 11.9. The molecule has 0 spiro atoms. The van der Waals surface area contributed by atoms with Gasteiger partial charge in [-0.1, -0.05) is 20.8 Å². The number of aryl methyl sites for hydroxylation is 2. The van der Waals surface area contributed by atoms with Crippen LogP contribution >= 0.6 is 0 Å². The third kappa shape index (κ3) is 6.58. The van der Waals surface area contributed by atoms with Gasteiger partial charge in [-0.3, -0.25) is 4.79 Å². The monoisotopic (exact) mass is 532 g/mol. The number of sulfonamides is 1. The molecule has 0 bridgehead atoms. The first kappa shape index (κ1) is 28.8. The number of hydrogen-bond donors (Lipinski definition) is 1. The zero-order valence-corrected chi connectivity index (χ0v) is 23.9. The minimum absolute atomic E-state index is 0.108. The van der Waals surface area contributed by atoms with E-state index in [9.17, 15) is 13.2 Å². The molecule has 11 heteroatoms. The molecular formula is C26H40N6O4S. The number of ether oxygens (including phenoxy) is 1. The molecule has 0 saturated heterocycles. The number of nitrogens with one attached hydrogen (secondary N) is 1. The lowest BCUT2D eigenvalue weighted by atomic mass is 10.1. The zero-order valence-electron chi connectivity index (χ0n) is 23.0. The molecule has 0 aliphatic carbocycles. The Morgan fingerprint density at radius 1 is 1.14 bits per heavy atom. The van der Waals surface area contributed by atoms with E-state index >= 15 is 0 Å². The number of fused-ring (bicyclic) bond motifs is 1. The van der Waals surface area contributed by atoms with Gasteiger partial charge in [0.15, 0.2) is 11.3 Å². The minimum Gasteiger partial charge on any atom is -0.493 e. The molecule has 0 fully saturated rings. The number of hydrogen-bond acceptors (Lipinski definition) is 7. The van der Waals surface area contributed by atoms with Crippen molar-refractivity contribution in [2.24, 2.45) is 5.92 Å². The first-order valence-corrected chi connectivity index (χ1v) is 14.3. The third-order valence-electron chi connectivity index (χ3n) is 6.32. The van der Waals surface area contributed by atoms with Gasteiger partial charge in [0.2, 0.25) is 10.0 Å². The Balaban J connectivity index is 1.99. The Morgan fingerprint density at radius 3 is 2.51 bits per heavy atom. The van der Waals surface area contributed by atoms with Crippen molar-refractivity contribution in [2.45, 2.75) is 58.8 Å². The van der Waals surface area contributed by atoms with Crippen molar-refractivity contribution < 1.29 is 13.2 Å². The maximum atomic E-state index is 13.4. The number of imidazole rings is 1. The van der Waals surface area contributed by atoms with Gasteiger partial charge in [-0.25, -0.2) is 17.9 Å². The molecule has 2 heterocycles. The van der Waals surface area contributed by atoms with E-state index < -0.39 is 10.0 Å². The fraction of sp³-hybridized carbons (Fsp3) is 0.577. The van der Waals surface area contributed by atoms with E-state index in [4.69, 9.17) is 4.74 Å². The molecule has 1 aromatic carbocycles. The molecule has 0 radical (unpaired) electrons. The molecule has 0 saturated carbocycles. The van der Waals surface area contributed by atoms with Crippen LogP contribution in [0.1, 0.15) is 52.1 Å². The van der Waals surface area contributed by atoms with Crippen molar-refractivity contribution in [1.29, 1.82) is 0 Å². The molecule has 37 heavy (non-hydrogen) atoms. The second kappa shape index (κ2) is 12.2. The number of H-pyrrole nitrogens is 1. The van der Waals surface area contributed by atoms with Gasteiger partial charge in [-0.15, -0.1) is 5.10 Å². The molecule has 10 nitrogen and oxygen atoms in total. The molecule has 0 atom stereocenters. The molecule has 0 aliphatic rings. The fourth-order valence-corrected chi connectivity index (χ4v) is 5.27. The van der Waals surface area contributed by atoms with Crippen LogP contribution in [0.2, 0.25) is 0 Å². The maximum Gasteiger partial charge on any atom is 0.277 e. The van der Waals surface area contributed by atoms with Gasteiger partial charge < -0.3 is 14.6 Å². The molecule has 3 aromatic rings. The van der Waals surface area contributed by atoms with E-state index in [1.807, 2.05) is 20.9 Å². The van der Waals surface area contributed by atoms with E-state index in [0.717, 1.165) is 19.4 Å². The molecule has 3 rings (SSSR count). The number of aromatic amines is 1. The van der Waals surface area contributed by atoms with Gasteiger partial charge in [0.05, 0.1) is 22.8 Å². The van der Waals surface area contributed by atoms with Crippen LogP contribution in [0.5, 0.6) is 5.75 Å². The van der Waals surface area contributed by atoms with E-state index in [1.165, 1.54) is 16.4 Å². The average molecular weight is 533 g/mol. The van der Waals surface area contributed by atoms with Crippen LogP contribution in [0.15, 0.2) is 27.9 Å². The molecule has 0 aliphatic heterocycles. The summed E-state index contributed by atoms with van der Waals surface area (Å²) in [4.78, 5) is 22.6. The normalized spacial score (nSPS) is 12.4. The topological polar surface area (TPSA) is 113 Å². The SMILES string of the molecule is CCCc1nc(C)c2c(=O)[nH]c(-c3cc(S(=O)(=O)N(C)CCN(C)CCC(C)C)ccc3OCC)nn12. The van der Waals surface area contributed by atoms with Crippen molar-refractivity contribution in [2.75, 3.05) is 40.3 Å². The van der Waals surface area contributed by atoms with Gasteiger partial charge in [0, 0.05) is 26.6 Å². The molecule has 2 aromatic heterocycles. The first-order chi connectivity index (χ1) is 17.5.